The molecule has 1 atom stereocenters. The summed E-state index contributed by atoms with van der Waals surface area (Å²) < 4.78 is 14.2. The number of rotatable bonds is 5. The fraction of sp³-hybridized carbons (Fsp3) is 0.769. The Kier molecular flexibility index (Phi) is 5.19. The maximum atomic E-state index is 5.82. The summed E-state index contributed by atoms with van der Waals surface area (Å²) >= 11 is 3.60. The molecule has 0 aromatic carbocycles. The lowest BCUT2D eigenvalue weighted by molar-refractivity contribution is -0.110. The molecule has 1 unspecified atom stereocenters. The molecule has 0 spiro atoms. The molecule has 1 fully saturated rings. The number of aromatic nitrogens is 2. The predicted molar refractivity (Wildman–Crippen MR) is 80.3 cm³/mol. The van der Waals surface area contributed by atoms with Gasteiger partial charge in [0.25, 0.3) is 0 Å². The van der Waals surface area contributed by atoms with E-state index < -0.39 is 0 Å². The lowest BCUT2D eigenvalue weighted by Crippen LogP contribution is -2.58. The first-order chi connectivity index (χ1) is 9.54. The Hall–Kier alpha value is -0.470. The maximum absolute atomic E-state index is 5.82. The molecule has 1 aromatic heterocycles. The fourth-order valence-corrected chi connectivity index (χ4v) is 3.40. The fourth-order valence-electron chi connectivity index (χ4n) is 2.90. The van der Waals surface area contributed by atoms with Crippen molar-refractivity contribution in [1.82, 2.24) is 15.2 Å². The van der Waals surface area contributed by atoms with E-state index in [1.165, 1.54) is 0 Å². The van der Waals surface area contributed by atoms with Crippen LogP contribution in [0.2, 0.25) is 0 Å². The van der Waals surface area contributed by atoms with Gasteiger partial charge in [-0.1, -0.05) is 0 Å². The number of aryl methyl sites for hydroxylation is 2. The second kappa shape index (κ2) is 6.53. The molecule has 114 valence electrons. The largest absolute Gasteiger partial charge is 0.381 e. The van der Waals surface area contributed by atoms with E-state index in [2.05, 4.69) is 26.5 Å². The highest BCUT2D eigenvalue weighted by Gasteiger charge is 2.41. The van der Waals surface area contributed by atoms with Crippen LogP contribution in [-0.4, -0.2) is 41.7 Å². The molecule has 3 N–H and O–H groups in total. The maximum Gasteiger partial charge on any atom is 0.0891 e. The lowest BCUT2D eigenvalue weighted by atomic mass is 9.84. The van der Waals surface area contributed by atoms with Crippen LogP contribution in [0.4, 0.5) is 0 Å². The molecule has 0 amide bonds. The van der Waals surface area contributed by atoms with Gasteiger partial charge in [-0.25, -0.2) is 0 Å². The van der Waals surface area contributed by atoms with Crippen molar-refractivity contribution < 1.29 is 9.47 Å². The van der Waals surface area contributed by atoms with Crippen LogP contribution in [-0.2, 0) is 22.9 Å². The zero-order chi connectivity index (χ0) is 14.8. The molecular formula is C13H23BrN4O2. The van der Waals surface area contributed by atoms with Gasteiger partial charge in [-0.2, -0.15) is 5.10 Å². The molecule has 0 saturated carbocycles. The van der Waals surface area contributed by atoms with E-state index in [-0.39, 0.29) is 11.6 Å². The number of nitrogens with one attached hydrogen (secondary N) is 1. The van der Waals surface area contributed by atoms with E-state index in [9.17, 15) is 0 Å². The van der Waals surface area contributed by atoms with Crippen LogP contribution >= 0.6 is 15.9 Å². The van der Waals surface area contributed by atoms with Crippen LogP contribution in [0.3, 0.4) is 0 Å². The van der Waals surface area contributed by atoms with Gasteiger partial charge in [-0.05, 0) is 22.9 Å². The summed E-state index contributed by atoms with van der Waals surface area (Å²) in [4.78, 5) is 0. The van der Waals surface area contributed by atoms with Crippen LogP contribution in [0, 0.1) is 6.92 Å². The average molecular weight is 347 g/mol. The molecule has 1 aliphatic rings. The van der Waals surface area contributed by atoms with Crippen LogP contribution in [0.15, 0.2) is 4.47 Å². The smallest absolute Gasteiger partial charge is 0.0891 e. The van der Waals surface area contributed by atoms with Crippen molar-refractivity contribution in [3.05, 3.63) is 15.9 Å². The van der Waals surface area contributed by atoms with Crippen molar-refractivity contribution in [3.8, 4) is 0 Å². The Bertz CT molecular complexity index is 457. The first-order valence-electron chi connectivity index (χ1n) is 6.81. The van der Waals surface area contributed by atoms with E-state index >= 15 is 0 Å². The normalized spacial score (nSPS) is 20.1. The number of methoxy groups -OCH3 is 1. The van der Waals surface area contributed by atoms with Gasteiger partial charge in [-0.15, -0.1) is 0 Å². The Morgan fingerprint density at radius 1 is 1.55 bits per heavy atom. The molecular weight excluding hydrogens is 324 g/mol. The van der Waals surface area contributed by atoms with E-state index in [4.69, 9.17) is 15.3 Å². The third-order valence-electron chi connectivity index (χ3n) is 4.24. The summed E-state index contributed by atoms with van der Waals surface area (Å²) in [6, 6.07) is 0.0162. The first kappa shape index (κ1) is 15.9. The summed E-state index contributed by atoms with van der Waals surface area (Å²) in [6.45, 7) is 3.40. The topological polar surface area (TPSA) is 74.3 Å². The van der Waals surface area contributed by atoms with Crippen molar-refractivity contribution in [2.45, 2.75) is 37.8 Å². The number of nitrogens with two attached hydrogens (primary N) is 1. The second-order valence-corrected chi connectivity index (χ2v) is 6.07. The Morgan fingerprint density at radius 3 is 2.65 bits per heavy atom. The number of nitrogens with zero attached hydrogens (tertiary/aromatic N) is 2. The van der Waals surface area contributed by atoms with Crippen molar-refractivity contribution >= 4 is 15.9 Å². The molecule has 20 heavy (non-hydrogen) atoms. The van der Waals surface area contributed by atoms with E-state index in [1.807, 2.05) is 18.7 Å². The van der Waals surface area contributed by atoms with Crippen LogP contribution in [0.1, 0.15) is 24.2 Å². The quantitative estimate of drug-likeness (QED) is 0.616. The SMILES string of the molecule is COC1(C(Cc2c(Br)c(C)nn2C)NN)CCOCC1. The lowest BCUT2D eigenvalue weighted by Gasteiger charge is -2.42. The van der Waals surface area contributed by atoms with Gasteiger partial charge in [0, 0.05) is 46.6 Å². The van der Waals surface area contributed by atoms with Crippen molar-refractivity contribution in [3.63, 3.8) is 0 Å². The zero-order valence-corrected chi connectivity index (χ0v) is 13.9. The number of hydrazine groups is 1. The van der Waals surface area contributed by atoms with Crippen molar-refractivity contribution in [2.24, 2.45) is 12.9 Å². The van der Waals surface area contributed by atoms with Gasteiger partial charge in [-0.3, -0.25) is 16.0 Å². The monoisotopic (exact) mass is 346 g/mol. The number of ether oxygens (including phenoxy) is 2. The Balaban J connectivity index is 2.23. The molecule has 1 saturated heterocycles. The van der Waals surface area contributed by atoms with Gasteiger partial charge < -0.3 is 9.47 Å². The number of hydrogen-bond acceptors (Lipinski definition) is 5. The van der Waals surface area contributed by atoms with E-state index in [0.717, 1.165) is 35.1 Å². The minimum Gasteiger partial charge on any atom is -0.381 e. The molecule has 2 heterocycles. The highest BCUT2D eigenvalue weighted by atomic mass is 79.9. The summed E-state index contributed by atoms with van der Waals surface area (Å²) in [5, 5.41) is 4.43. The zero-order valence-electron chi connectivity index (χ0n) is 12.3. The average Bonchev–Trinajstić information content (AvgIpc) is 2.71. The summed E-state index contributed by atoms with van der Waals surface area (Å²) in [6.07, 6.45) is 2.43. The second-order valence-electron chi connectivity index (χ2n) is 5.27. The highest BCUT2D eigenvalue weighted by molar-refractivity contribution is 9.10. The first-order valence-corrected chi connectivity index (χ1v) is 7.60. The van der Waals surface area contributed by atoms with Gasteiger partial charge in [0.1, 0.15) is 0 Å². The number of hydrogen-bond donors (Lipinski definition) is 2. The molecule has 0 bridgehead atoms. The third-order valence-corrected chi connectivity index (χ3v) is 5.27. The predicted octanol–water partition coefficient (Wildman–Crippen LogP) is 1.06. The Morgan fingerprint density at radius 2 is 2.20 bits per heavy atom. The molecule has 1 aromatic rings. The standard InChI is InChI=1S/C13H23BrN4O2/c1-9-12(14)10(18(2)17-9)8-11(16-15)13(19-3)4-6-20-7-5-13/h11,16H,4-8,15H2,1-3H3. The van der Waals surface area contributed by atoms with Crippen LogP contribution in [0.5, 0.6) is 0 Å². The van der Waals surface area contributed by atoms with Crippen LogP contribution in [0.25, 0.3) is 0 Å². The molecule has 0 aliphatic carbocycles. The minimum absolute atomic E-state index is 0.0162. The summed E-state index contributed by atoms with van der Waals surface area (Å²) in [5.41, 5.74) is 4.75. The molecule has 1 aliphatic heterocycles. The third kappa shape index (κ3) is 2.92. The molecule has 6 nitrogen and oxygen atoms in total. The molecule has 0 radical (unpaired) electrons. The van der Waals surface area contributed by atoms with E-state index in [1.54, 1.807) is 7.11 Å². The molecule has 2 rings (SSSR count). The van der Waals surface area contributed by atoms with Gasteiger partial charge >= 0.3 is 0 Å². The summed E-state index contributed by atoms with van der Waals surface area (Å²) in [7, 11) is 3.70. The van der Waals surface area contributed by atoms with Gasteiger partial charge in [0.2, 0.25) is 0 Å². The number of halogens is 1. The van der Waals surface area contributed by atoms with Crippen molar-refractivity contribution in [1.29, 1.82) is 0 Å². The highest BCUT2D eigenvalue weighted by Crippen LogP contribution is 2.31. The van der Waals surface area contributed by atoms with Gasteiger partial charge in [0.05, 0.1) is 27.5 Å². The van der Waals surface area contributed by atoms with Gasteiger partial charge in [0.15, 0.2) is 0 Å². The minimum atomic E-state index is -0.287. The Labute approximate surface area is 128 Å². The summed E-state index contributed by atoms with van der Waals surface area (Å²) in [5.74, 6) is 5.80. The van der Waals surface area contributed by atoms with Crippen molar-refractivity contribution in [2.75, 3.05) is 20.3 Å². The molecule has 7 heteroatoms. The van der Waals surface area contributed by atoms with E-state index in [0.29, 0.717) is 13.2 Å². The van der Waals surface area contributed by atoms with Crippen LogP contribution < -0.4 is 11.3 Å².